The van der Waals surface area contributed by atoms with Gasteiger partial charge in [-0.05, 0) is 79.8 Å². The highest BCUT2D eigenvalue weighted by molar-refractivity contribution is 7.98. The Labute approximate surface area is 172 Å². The number of carbonyl (C=O) groups is 1. The van der Waals surface area contributed by atoms with Crippen LogP contribution >= 0.6 is 11.8 Å². The molecule has 1 heterocycles. The van der Waals surface area contributed by atoms with Crippen LogP contribution in [-0.2, 0) is 4.79 Å². The molecule has 4 nitrogen and oxygen atoms in total. The minimum atomic E-state index is 0.0843. The molecule has 1 aliphatic heterocycles. The number of rotatable bonds is 8. The minimum absolute atomic E-state index is 0.0843. The van der Waals surface area contributed by atoms with Crippen molar-refractivity contribution in [3.05, 3.63) is 48.5 Å². The smallest absolute Gasteiger partial charge is 0.228 e. The predicted molar refractivity (Wildman–Crippen MR) is 119 cm³/mol. The van der Waals surface area contributed by atoms with Gasteiger partial charge in [0.15, 0.2) is 0 Å². The number of ether oxygens (including phenoxy) is 1. The van der Waals surface area contributed by atoms with Gasteiger partial charge in [0, 0.05) is 12.2 Å². The van der Waals surface area contributed by atoms with Gasteiger partial charge < -0.3 is 15.0 Å². The highest BCUT2D eigenvalue weighted by Gasteiger charge is 2.25. The van der Waals surface area contributed by atoms with Crippen molar-refractivity contribution < 1.29 is 9.53 Å². The monoisotopic (exact) mass is 398 g/mol. The van der Waals surface area contributed by atoms with Crippen molar-refractivity contribution in [2.24, 2.45) is 5.92 Å². The van der Waals surface area contributed by atoms with E-state index in [4.69, 9.17) is 4.74 Å². The van der Waals surface area contributed by atoms with Crippen LogP contribution < -0.4 is 10.1 Å². The van der Waals surface area contributed by atoms with Gasteiger partial charge in [-0.3, -0.25) is 4.79 Å². The molecule has 2 aromatic carbocycles. The summed E-state index contributed by atoms with van der Waals surface area (Å²) < 4.78 is 5.30. The van der Waals surface area contributed by atoms with Crippen LogP contribution in [0.3, 0.4) is 0 Å². The molecule has 5 heteroatoms. The van der Waals surface area contributed by atoms with Crippen LogP contribution in [0, 0.1) is 5.92 Å². The first kappa shape index (κ1) is 20.7. The number of nitrogens with zero attached hydrogens (tertiary/aromatic N) is 1. The summed E-state index contributed by atoms with van der Waals surface area (Å²) in [6.07, 6.45) is 5.42. The molecule has 1 aliphatic rings. The van der Waals surface area contributed by atoms with E-state index in [-0.39, 0.29) is 11.8 Å². The predicted octanol–water partition coefficient (Wildman–Crippen LogP) is 4.77. The van der Waals surface area contributed by atoms with Crippen LogP contribution in [0.25, 0.3) is 11.1 Å². The fraction of sp³-hybridized carbons (Fsp3) is 0.435. The summed E-state index contributed by atoms with van der Waals surface area (Å²) in [5, 5.41) is 3.11. The second-order valence-electron chi connectivity index (χ2n) is 7.28. The molecule has 0 spiro atoms. The van der Waals surface area contributed by atoms with Gasteiger partial charge in [0.2, 0.25) is 5.91 Å². The van der Waals surface area contributed by atoms with Crippen LogP contribution in [0.2, 0.25) is 0 Å². The van der Waals surface area contributed by atoms with Crippen molar-refractivity contribution >= 4 is 23.4 Å². The third-order valence-corrected chi connectivity index (χ3v) is 5.95. The number of hydrogen-bond donors (Lipinski definition) is 1. The molecule has 150 valence electrons. The highest BCUT2D eigenvalue weighted by Crippen LogP contribution is 2.26. The zero-order valence-corrected chi connectivity index (χ0v) is 17.6. The fourth-order valence-electron chi connectivity index (χ4n) is 3.70. The molecule has 1 amide bonds. The van der Waals surface area contributed by atoms with Gasteiger partial charge in [-0.2, -0.15) is 11.8 Å². The Morgan fingerprint density at radius 3 is 2.79 bits per heavy atom. The van der Waals surface area contributed by atoms with E-state index >= 15 is 0 Å². The maximum atomic E-state index is 12.7. The van der Waals surface area contributed by atoms with Gasteiger partial charge in [0.05, 0.1) is 13.0 Å². The van der Waals surface area contributed by atoms with Crippen molar-refractivity contribution in [3.63, 3.8) is 0 Å². The summed E-state index contributed by atoms with van der Waals surface area (Å²) in [6.45, 7) is 3.09. The average molecular weight is 399 g/mol. The topological polar surface area (TPSA) is 41.6 Å². The Balaban J connectivity index is 1.56. The van der Waals surface area contributed by atoms with Gasteiger partial charge >= 0.3 is 0 Å². The Morgan fingerprint density at radius 1 is 1.21 bits per heavy atom. The van der Waals surface area contributed by atoms with Crippen LogP contribution in [0.15, 0.2) is 48.5 Å². The zero-order valence-electron chi connectivity index (χ0n) is 16.8. The van der Waals surface area contributed by atoms with E-state index in [1.54, 1.807) is 7.11 Å². The van der Waals surface area contributed by atoms with Crippen molar-refractivity contribution in [2.75, 3.05) is 44.1 Å². The average Bonchev–Trinajstić information content (AvgIpc) is 2.75. The van der Waals surface area contributed by atoms with Gasteiger partial charge in [0.1, 0.15) is 5.75 Å². The quantitative estimate of drug-likeness (QED) is 0.651. The number of amides is 1. The lowest BCUT2D eigenvalue weighted by molar-refractivity contribution is -0.121. The second-order valence-corrected chi connectivity index (χ2v) is 8.27. The number of nitrogens with one attached hydrogen (secondary N) is 1. The van der Waals surface area contributed by atoms with Crippen molar-refractivity contribution in [1.82, 2.24) is 4.90 Å². The lowest BCUT2D eigenvalue weighted by Crippen LogP contribution is -2.41. The standard InChI is InChI=1S/C23H30N2O2S/c1-27-22-8-3-6-19(16-22)18-9-11-21(12-10-18)24-23(26)20-7-4-13-25(17-20)14-5-15-28-2/h3,6,8-12,16,20H,4-5,7,13-15,17H2,1-2H3,(H,24,26)/t20-/m0/s1. The van der Waals surface area contributed by atoms with E-state index < -0.39 is 0 Å². The Morgan fingerprint density at radius 2 is 2.04 bits per heavy atom. The molecule has 0 bridgehead atoms. The normalized spacial score (nSPS) is 17.3. The van der Waals surface area contributed by atoms with Gasteiger partial charge in [-0.1, -0.05) is 24.3 Å². The number of hydrogen-bond acceptors (Lipinski definition) is 4. The van der Waals surface area contributed by atoms with Crippen LogP contribution in [0.5, 0.6) is 5.75 Å². The molecule has 0 radical (unpaired) electrons. The number of carbonyl (C=O) groups excluding carboxylic acids is 1. The fourth-order valence-corrected chi connectivity index (χ4v) is 4.12. The van der Waals surface area contributed by atoms with E-state index in [1.807, 2.05) is 54.2 Å². The van der Waals surface area contributed by atoms with Crippen molar-refractivity contribution in [2.45, 2.75) is 19.3 Å². The Kier molecular flexibility index (Phi) is 7.80. The van der Waals surface area contributed by atoms with Crippen LogP contribution in [0.1, 0.15) is 19.3 Å². The zero-order chi connectivity index (χ0) is 19.8. The third-order valence-electron chi connectivity index (χ3n) is 5.25. The lowest BCUT2D eigenvalue weighted by atomic mass is 9.97. The first-order valence-electron chi connectivity index (χ1n) is 9.96. The molecule has 0 unspecified atom stereocenters. The molecular weight excluding hydrogens is 368 g/mol. The molecule has 1 fully saturated rings. The first-order chi connectivity index (χ1) is 13.7. The molecular formula is C23H30N2O2S. The molecule has 3 rings (SSSR count). The Bertz CT molecular complexity index is 763. The molecule has 0 aromatic heterocycles. The molecule has 0 saturated carbocycles. The SMILES string of the molecule is COc1cccc(-c2ccc(NC(=O)[C@H]3CCCN(CCCSC)C3)cc2)c1. The molecule has 1 N–H and O–H groups in total. The number of methoxy groups -OCH3 is 1. The number of likely N-dealkylation sites (tertiary alicyclic amines) is 1. The van der Waals surface area contributed by atoms with Crippen molar-refractivity contribution in [3.8, 4) is 16.9 Å². The lowest BCUT2D eigenvalue weighted by Gasteiger charge is -2.31. The second kappa shape index (κ2) is 10.5. The highest BCUT2D eigenvalue weighted by atomic mass is 32.2. The minimum Gasteiger partial charge on any atom is -0.497 e. The number of anilines is 1. The molecule has 28 heavy (non-hydrogen) atoms. The van der Waals surface area contributed by atoms with Crippen LogP contribution in [-0.4, -0.2) is 49.6 Å². The van der Waals surface area contributed by atoms with E-state index in [2.05, 4.69) is 22.5 Å². The Hall–Kier alpha value is -1.98. The maximum absolute atomic E-state index is 12.7. The number of piperidine rings is 1. The van der Waals surface area contributed by atoms with E-state index in [0.717, 1.165) is 55.0 Å². The van der Waals surface area contributed by atoms with Gasteiger partial charge in [-0.25, -0.2) is 0 Å². The van der Waals surface area contributed by atoms with Gasteiger partial charge in [0.25, 0.3) is 0 Å². The molecule has 1 atom stereocenters. The maximum Gasteiger partial charge on any atom is 0.228 e. The summed E-state index contributed by atoms with van der Waals surface area (Å²) >= 11 is 1.89. The summed E-state index contributed by atoms with van der Waals surface area (Å²) in [5.74, 6) is 2.26. The van der Waals surface area contributed by atoms with Crippen LogP contribution in [0.4, 0.5) is 5.69 Å². The van der Waals surface area contributed by atoms with E-state index in [0.29, 0.717) is 0 Å². The largest absolute Gasteiger partial charge is 0.497 e. The summed E-state index contributed by atoms with van der Waals surface area (Å²) in [6, 6.07) is 16.0. The molecule has 2 aromatic rings. The van der Waals surface area contributed by atoms with Crippen molar-refractivity contribution in [1.29, 1.82) is 0 Å². The molecule has 1 saturated heterocycles. The van der Waals surface area contributed by atoms with E-state index in [9.17, 15) is 4.79 Å². The van der Waals surface area contributed by atoms with E-state index in [1.165, 1.54) is 12.2 Å². The summed E-state index contributed by atoms with van der Waals surface area (Å²) in [4.78, 5) is 15.2. The summed E-state index contributed by atoms with van der Waals surface area (Å²) in [5.41, 5.74) is 3.07. The van der Waals surface area contributed by atoms with Gasteiger partial charge in [-0.15, -0.1) is 0 Å². The number of benzene rings is 2. The first-order valence-corrected chi connectivity index (χ1v) is 11.4. The summed E-state index contributed by atoms with van der Waals surface area (Å²) in [7, 11) is 1.67. The third kappa shape index (κ3) is 5.76. The number of thioether (sulfide) groups is 1. The molecule has 0 aliphatic carbocycles.